The van der Waals surface area contributed by atoms with Crippen LogP contribution in [-0.2, 0) is 13.1 Å². The number of hydrogen-bond donors (Lipinski definition) is 0. The first kappa shape index (κ1) is 13.8. The summed E-state index contributed by atoms with van der Waals surface area (Å²) in [7, 11) is 0. The Morgan fingerprint density at radius 2 is 1.62 bits per heavy atom. The largest absolute Gasteiger partial charge is 0.467 e. The quantitative estimate of drug-likeness (QED) is 0.648. The lowest BCUT2D eigenvalue weighted by Crippen LogP contribution is -2.23. The predicted octanol–water partition coefficient (Wildman–Crippen LogP) is 3.59. The Kier molecular flexibility index (Phi) is 4.25. The third-order valence-electron chi connectivity index (χ3n) is 3.01. The predicted molar refractivity (Wildman–Crippen MR) is 81.1 cm³/mol. The fourth-order valence-electron chi connectivity index (χ4n) is 1.99. The van der Waals surface area contributed by atoms with Gasteiger partial charge in [-0.05, 0) is 42.7 Å². The maximum Gasteiger partial charge on any atom is 0.152 e. The number of aromatic nitrogens is 2. The van der Waals surface area contributed by atoms with Crippen LogP contribution >= 0.6 is 11.8 Å². The fraction of sp³-hybridized carbons (Fsp3) is 0.200. The summed E-state index contributed by atoms with van der Waals surface area (Å²) in [6.07, 6.45) is 5.32. The van der Waals surface area contributed by atoms with Crippen molar-refractivity contribution >= 4 is 17.6 Å². The molecule has 5 nitrogen and oxygen atoms in total. The fourth-order valence-corrected chi connectivity index (χ4v) is 2.32. The molecular weight excluding hydrogens is 286 g/mol. The topological polar surface area (TPSA) is 55.3 Å². The van der Waals surface area contributed by atoms with Crippen LogP contribution in [0.25, 0.3) is 0 Å². The third-order valence-corrected chi connectivity index (χ3v) is 3.65. The van der Waals surface area contributed by atoms with Crippen LogP contribution in [0.15, 0.2) is 62.8 Å². The molecule has 3 aromatic rings. The normalized spacial score (nSPS) is 10.7. The lowest BCUT2D eigenvalue weighted by Gasteiger charge is -2.21. The molecule has 0 aliphatic rings. The second-order valence-corrected chi connectivity index (χ2v) is 5.28. The van der Waals surface area contributed by atoms with Crippen LogP contribution in [0.3, 0.4) is 0 Å². The molecule has 0 bridgehead atoms. The van der Waals surface area contributed by atoms with Crippen LogP contribution in [0.4, 0.5) is 5.82 Å². The van der Waals surface area contributed by atoms with Crippen LogP contribution in [-0.4, -0.2) is 16.5 Å². The first-order chi connectivity index (χ1) is 10.3. The molecule has 0 spiro atoms. The Bertz CT molecular complexity index is 615. The van der Waals surface area contributed by atoms with Crippen molar-refractivity contribution in [2.45, 2.75) is 18.1 Å². The molecular formula is C15H15N3O2S. The van der Waals surface area contributed by atoms with Crippen molar-refractivity contribution in [3.63, 3.8) is 0 Å². The Balaban J connectivity index is 1.83. The van der Waals surface area contributed by atoms with Crippen molar-refractivity contribution in [3.8, 4) is 0 Å². The minimum atomic E-state index is 0.612. The summed E-state index contributed by atoms with van der Waals surface area (Å²) >= 11 is 1.57. The van der Waals surface area contributed by atoms with Crippen molar-refractivity contribution in [2.75, 3.05) is 11.2 Å². The smallest absolute Gasteiger partial charge is 0.152 e. The number of nitrogens with zero attached hydrogens (tertiary/aromatic N) is 3. The average molecular weight is 301 g/mol. The standard InChI is InChI=1S/C15H15N3O2S/c1-21-15-7-6-14(16-17-15)18(10-12-4-2-8-19-12)11-13-5-3-9-20-13/h2-9H,10-11H2,1H3. The van der Waals surface area contributed by atoms with Crippen molar-refractivity contribution < 1.29 is 8.83 Å². The summed E-state index contributed by atoms with van der Waals surface area (Å²) in [4.78, 5) is 2.06. The first-order valence-corrected chi connectivity index (χ1v) is 7.75. The summed E-state index contributed by atoms with van der Waals surface area (Å²) in [6, 6.07) is 11.6. The monoisotopic (exact) mass is 301 g/mol. The molecule has 3 aromatic heterocycles. The van der Waals surface area contributed by atoms with E-state index in [4.69, 9.17) is 8.83 Å². The van der Waals surface area contributed by atoms with Gasteiger partial charge in [-0.1, -0.05) is 0 Å². The van der Waals surface area contributed by atoms with Crippen LogP contribution < -0.4 is 4.90 Å². The summed E-state index contributed by atoms with van der Waals surface area (Å²) in [5.41, 5.74) is 0. The molecule has 0 saturated carbocycles. The highest BCUT2D eigenvalue weighted by Crippen LogP contribution is 2.20. The van der Waals surface area contributed by atoms with Gasteiger partial charge in [0.15, 0.2) is 5.82 Å². The highest BCUT2D eigenvalue weighted by Gasteiger charge is 2.13. The summed E-state index contributed by atoms with van der Waals surface area (Å²) in [5.74, 6) is 2.54. The second kappa shape index (κ2) is 6.49. The molecule has 0 aromatic carbocycles. The zero-order valence-electron chi connectivity index (χ0n) is 11.6. The second-order valence-electron chi connectivity index (χ2n) is 4.45. The van der Waals surface area contributed by atoms with E-state index in [2.05, 4.69) is 15.1 Å². The number of anilines is 1. The molecule has 21 heavy (non-hydrogen) atoms. The van der Waals surface area contributed by atoms with Crippen LogP contribution in [0, 0.1) is 0 Å². The van der Waals surface area contributed by atoms with Gasteiger partial charge in [0.25, 0.3) is 0 Å². The number of hydrogen-bond acceptors (Lipinski definition) is 6. The molecule has 0 saturated heterocycles. The molecule has 0 aliphatic carbocycles. The average Bonchev–Trinajstić information content (AvgIpc) is 3.20. The maximum atomic E-state index is 5.42. The minimum absolute atomic E-state index is 0.612. The minimum Gasteiger partial charge on any atom is -0.467 e. The van der Waals surface area contributed by atoms with Gasteiger partial charge in [-0.3, -0.25) is 0 Å². The molecule has 0 radical (unpaired) electrons. The van der Waals surface area contributed by atoms with Crippen molar-refractivity contribution in [1.29, 1.82) is 0 Å². The van der Waals surface area contributed by atoms with E-state index in [1.807, 2.05) is 42.7 Å². The first-order valence-electron chi connectivity index (χ1n) is 6.52. The Morgan fingerprint density at radius 1 is 0.952 bits per heavy atom. The van der Waals surface area contributed by atoms with Gasteiger partial charge in [-0.2, -0.15) is 0 Å². The maximum absolute atomic E-state index is 5.42. The van der Waals surface area contributed by atoms with Crippen molar-refractivity contribution in [1.82, 2.24) is 10.2 Å². The van der Waals surface area contributed by atoms with Gasteiger partial charge >= 0.3 is 0 Å². The van der Waals surface area contributed by atoms with Gasteiger partial charge in [0.05, 0.1) is 25.6 Å². The lowest BCUT2D eigenvalue weighted by atomic mass is 10.3. The molecule has 0 fully saturated rings. The van der Waals surface area contributed by atoms with E-state index >= 15 is 0 Å². The molecule has 0 N–H and O–H groups in total. The number of thioether (sulfide) groups is 1. The van der Waals surface area contributed by atoms with Crippen molar-refractivity contribution in [3.05, 3.63) is 60.4 Å². The zero-order valence-corrected chi connectivity index (χ0v) is 12.4. The van der Waals surface area contributed by atoms with Crippen molar-refractivity contribution in [2.24, 2.45) is 0 Å². The molecule has 0 aliphatic heterocycles. The summed E-state index contributed by atoms with van der Waals surface area (Å²) in [5, 5.41) is 9.37. The summed E-state index contributed by atoms with van der Waals surface area (Å²) in [6.45, 7) is 1.22. The molecule has 6 heteroatoms. The van der Waals surface area contributed by atoms with Gasteiger partial charge in [0.1, 0.15) is 16.5 Å². The van der Waals surface area contributed by atoms with Crippen LogP contribution in [0.1, 0.15) is 11.5 Å². The van der Waals surface area contributed by atoms with Gasteiger partial charge in [0, 0.05) is 0 Å². The highest BCUT2D eigenvalue weighted by atomic mass is 32.2. The lowest BCUT2D eigenvalue weighted by molar-refractivity contribution is 0.474. The molecule has 3 heterocycles. The molecule has 0 unspecified atom stereocenters. The van der Waals surface area contributed by atoms with Gasteiger partial charge < -0.3 is 13.7 Å². The van der Waals surface area contributed by atoms with E-state index in [0.29, 0.717) is 13.1 Å². The Labute approximate surface area is 127 Å². The van der Waals surface area contributed by atoms with E-state index in [-0.39, 0.29) is 0 Å². The Morgan fingerprint density at radius 3 is 2.05 bits per heavy atom. The van der Waals surface area contributed by atoms with E-state index in [1.54, 1.807) is 24.3 Å². The molecule has 108 valence electrons. The van der Waals surface area contributed by atoms with E-state index < -0.39 is 0 Å². The molecule has 0 amide bonds. The Hall–Kier alpha value is -2.21. The SMILES string of the molecule is CSc1ccc(N(Cc2ccco2)Cc2ccco2)nn1. The molecule has 0 atom stereocenters. The number of rotatable bonds is 6. The van der Waals surface area contributed by atoms with Crippen LogP contribution in [0.2, 0.25) is 0 Å². The number of furan rings is 2. The summed E-state index contributed by atoms with van der Waals surface area (Å²) < 4.78 is 10.8. The van der Waals surface area contributed by atoms with Gasteiger partial charge in [-0.25, -0.2) is 0 Å². The zero-order chi connectivity index (χ0) is 14.5. The van der Waals surface area contributed by atoms with Gasteiger partial charge in [0.2, 0.25) is 0 Å². The van der Waals surface area contributed by atoms with E-state index in [1.165, 1.54) is 0 Å². The van der Waals surface area contributed by atoms with E-state index in [0.717, 1.165) is 22.4 Å². The highest BCUT2D eigenvalue weighted by molar-refractivity contribution is 7.98. The van der Waals surface area contributed by atoms with Gasteiger partial charge in [-0.15, -0.1) is 22.0 Å². The van der Waals surface area contributed by atoms with Crippen LogP contribution in [0.5, 0.6) is 0 Å². The third kappa shape index (κ3) is 3.46. The van der Waals surface area contributed by atoms with E-state index in [9.17, 15) is 0 Å². The molecule has 3 rings (SSSR count).